The summed E-state index contributed by atoms with van der Waals surface area (Å²) in [4.78, 5) is 24.8. The molecule has 0 saturated carbocycles. The van der Waals surface area contributed by atoms with Gasteiger partial charge in [0.1, 0.15) is 0 Å². The van der Waals surface area contributed by atoms with E-state index in [9.17, 15) is 9.59 Å². The van der Waals surface area contributed by atoms with E-state index in [0.717, 1.165) is 0 Å². The maximum Gasteiger partial charge on any atom is 0.306 e. The summed E-state index contributed by atoms with van der Waals surface area (Å²) >= 11 is 0. The Labute approximate surface area is 106 Å². The second kappa shape index (κ2) is 5.24. The van der Waals surface area contributed by atoms with Gasteiger partial charge in [0.05, 0.1) is 25.0 Å². The molecule has 18 heavy (non-hydrogen) atoms. The van der Waals surface area contributed by atoms with Gasteiger partial charge in [-0.25, -0.2) is 0 Å². The largest absolute Gasteiger partial charge is 0.481 e. The van der Waals surface area contributed by atoms with Gasteiger partial charge in [-0.05, 0) is 7.05 Å². The maximum absolute atomic E-state index is 12.2. The predicted octanol–water partition coefficient (Wildman–Crippen LogP) is -0.600. The number of carbonyl (C=O) groups is 2. The van der Waals surface area contributed by atoms with Gasteiger partial charge in [-0.2, -0.15) is 0 Å². The highest BCUT2D eigenvalue weighted by Crippen LogP contribution is 2.27. The van der Waals surface area contributed by atoms with E-state index in [-0.39, 0.29) is 29.7 Å². The zero-order chi connectivity index (χ0) is 13.3. The fraction of sp³-hybridized carbons (Fsp3) is 0.833. The molecular formula is C12H20N2O4. The quantitative estimate of drug-likeness (QED) is 0.702. The standard InChI is InChI=1S/C12H20N2O4/c1-7(12(16)17)8-3-14(4-8)11(15)9-5-18-6-10(9)13-2/h7-10,13H,3-6H2,1-2H3,(H,16,17). The number of carbonyl (C=O) groups excluding carboxylic acids is 1. The van der Waals surface area contributed by atoms with Crippen LogP contribution in [0.1, 0.15) is 6.92 Å². The number of likely N-dealkylation sites (N-methyl/N-ethyl adjacent to an activating group) is 1. The average Bonchev–Trinajstić information content (AvgIpc) is 2.74. The molecule has 2 heterocycles. The van der Waals surface area contributed by atoms with Gasteiger partial charge in [0.2, 0.25) is 5.91 Å². The molecule has 2 saturated heterocycles. The van der Waals surface area contributed by atoms with E-state index in [0.29, 0.717) is 26.3 Å². The lowest BCUT2D eigenvalue weighted by Gasteiger charge is -2.42. The van der Waals surface area contributed by atoms with E-state index in [1.807, 2.05) is 7.05 Å². The van der Waals surface area contributed by atoms with E-state index < -0.39 is 5.97 Å². The first-order valence-electron chi connectivity index (χ1n) is 6.31. The highest BCUT2D eigenvalue weighted by Gasteiger charge is 2.42. The number of hydrogen-bond acceptors (Lipinski definition) is 4. The van der Waals surface area contributed by atoms with Gasteiger partial charge >= 0.3 is 5.97 Å². The van der Waals surface area contributed by atoms with Gasteiger partial charge in [-0.3, -0.25) is 9.59 Å². The first-order valence-corrected chi connectivity index (χ1v) is 6.31. The predicted molar refractivity (Wildman–Crippen MR) is 64.0 cm³/mol. The number of nitrogens with one attached hydrogen (secondary N) is 1. The highest BCUT2D eigenvalue weighted by molar-refractivity contribution is 5.81. The zero-order valence-corrected chi connectivity index (χ0v) is 10.8. The molecule has 3 unspecified atom stereocenters. The molecule has 0 aromatic heterocycles. The molecule has 2 aliphatic heterocycles. The fourth-order valence-corrected chi connectivity index (χ4v) is 2.53. The molecule has 0 spiro atoms. The molecule has 0 aromatic rings. The third-order valence-electron chi connectivity index (χ3n) is 4.09. The molecular weight excluding hydrogens is 236 g/mol. The third kappa shape index (κ3) is 2.35. The summed E-state index contributed by atoms with van der Waals surface area (Å²) in [7, 11) is 1.82. The summed E-state index contributed by atoms with van der Waals surface area (Å²) in [5.74, 6) is -1.13. The molecule has 2 aliphatic rings. The van der Waals surface area contributed by atoms with Crippen LogP contribution in [-0.4, -0.2) is 61.3 Å². The molecule has 2 fully saturated rings. The number of carboxylic acids is 1. The van der Waals surface area contributed by atoms with Gasteiger partial charge in [-0.15, -0.1) is 0 Å². The van der Waals surface area contributed by atoms with E-state index in [2.05, 4.69) is 5.32 Å². The van der Waals surface area contributed by atoms with Crippen molar-refractivity contribution < 1.29 is 19.4 Å². The lowest BCUT2D eigenvalue weighted by molar-refractivity contribution is -0.152. The maximum atomic E-state index is 12.2. The second-order valence-electron chi connectivity index (χ2n) is 5.17. The van der Waals surface area contributed by atoms with Crippen LogP contribution < -0.4 is 5.32 Å². The molecule has 6 heteroatoms. The van der Waals surface area contributed by atoms with Crippen molar-refractivity contribution in [1.29, 1.82) is 0 Å². The Hall–Kier alpha value is -1.14. The number of aliphatic carboxylic acids is 1. The molecule has 6 nitrogen and oxygen atoms in total. The van der Waals surface area contributed by atoms with Crippen molar-refractivity contribution in [3.8, 4) is 0 Å². The minimum Gasteiger partial charge on any atom is -0.481 e. The smallest absolute Gasteiger partial charge is 0.306 e. The monoisotopic (exact) mass is 256 g/mol. The molecule has 102 valence electrons. The topological polar surface area (TPSA) is 78.9 Å². The Morgan fingerprint density at radius 3 is 2.61 bits per heavy atom. The lowest BCUT2D eigenvalue weighted by atomic mass is 9.86. The number of ether oxygens (including phenoxy) is 1. The number of nitrogens with zero attached hydrogens (tertiary/aromatic N) is 1. The number of likely N-dealkylation sites (tertiary alicyclic amines) is 1. The summed E-state index contributed by atoms with van der Waals surface area (Å²) in [6.07, 6.45) is 0. The summed E-state index contributed by atoms with van der Waals surface area (Å²) < 4.78 is 5.31. The Kier molecular flexibility index (Phi) is 3.87. The van der Waals surface area contributed by atoms with E-state index >= 15 is 0 Å². The Morgan fingerprint density at radius 1 is 1.39 bits per heavy atom. The molecule has 2 rings (SSSR count). The van der Waals surface area contributed by atoms with Crippen molar-refractivity contribution in [3.63, 3.8) is 0 Å². The average molecular weight is 256 g/mol. The van der Waals surface area contributed by atoms with Gasteiger partial charge in [0, 0.05) is 25.0 Å². The second-order valence-corrected chi connectivity index (χ2v) is 5.17. The van der Waals surface area contributed by atoms with Crippen LogP contribution in [0.15, 0.2) is 0 Å². The lowest BCUT2D eigenvalue weighted by Crippen LogP contribution is -2.57. The molecule has 1 amide bonds. The van der Waals surface area contributed by atoms with Crippen LogP contribution in [0.3, 0.4) is 0 Å². The molecule has 0 aliphatic carbocycles. The summed E-state index contributed by atoms with van der Waals surface area (Å²) in [5.41, 5.74) is 0. The van der Waals surface area contributed by atoms with Crippen molar-refractivity contribution in [2.24, 2.45) is 17.8 Å². The van der Waals surface area contributed by atoms with Crippen molar-refractivity contribution in [2.75, 3.05) is 33.4 Å². The Bertz CT molecular complexity index is 341. The number of hydrogen-bond donors (Lipinski definition) is 2. The molecule has 2 N–H and O–H groups in total. The highest BCUT2D eigenvalue weighted by atomic mass is 16.5. The van der Waals surface area contributed by atoms with Crippen LogP contribution in [0.2, 0.25) is 0 Å². The minimum atomic E-state index is -0.788. The van der Waals surface area contributed by atoms with Crippen molar-refractivity contribution >= 4 is 11.9 Å². The normalized spacial score (nSPS) is 30.0. The van der Waals surface area contributed by atoms with Crippen molar-refractivity contribution in [2.45, 2.75) is 13.0 Å². The van der Waals surface area contributed by atoms with E-state index in [4.69, 9.17) is 9.84 Å². The van der Waals surface area contributed by atoms with Crippen molar-refractivity contribution in [3.05, 3.63) is 0 Å². The first kappa shape index (κ1) is 13.3. The first-order chi connectivity index (χ1) is 8.54. The van der Waals surface area contributed by atoms with E-state index in [1.54, 1.807) is 11.8 Å². The fourth-order valence-electron chi connectivity index (χ4n) is 2.53. The van der Waals surface area contributed by atoms with Crippen LogP contribution in [0, 0.1) is 17.8 Å². The van der Waals surface area contributed by atoms with Crippen LogP contribution in [0.25, 0.3) is 0 Å². The number of carboxylic acid groups (broad SMARTS) is 1. The molecule has 3 atom stereocenters. The molecule has 0 radical (unpaired) electrons. The number of rotatable bonds is 4. The van der Waals surface area contributed by atoms with Gasteiger partial charge in [0.25, 0.3) is 0 Å². The molecule has 0 bridgehead atoms. The van der Waals surface area contributed by atoms with Crippen molar-refractivity contribution in [1.82, 2.24) is 10.2 Å². The van der Waals surface area contributed by atoms with Gasteiger partial charge in [-0.1, -0.05) is 6.92 Å². The zero-order valence-electron chi connectivity index (χ0n) is 10.8. The van der Waals surface area contributed by atoms with E-state index in [1.165, 1.54) is 0 Å². The summed E-state index contributed by atoms with van der Waals surface area (Å²) in [5, 5.41) is 12.0. The van der Waals surface area contributed by atoms with Crippen LogP contribution in [-0.2, 0) is 14.3 Å². The third-order valence-corrected chi connectivity index (χ3v) is 4.09. The minimum absolute atomic E-state index is 0.0773. The summed E-state index contributed by atoms with van der Waals surface area (Å²) in [6, 6.07) is 0.0773. The SMILES string of the molecule is CNC1COCC1C(=O)N1CC(C(C)C(=O)O)C1. The van der Waals surface area contributed by atoms with Crippen LogP contribution >= 0.6 is 0 Å². The molecule has 0 aromatic carbocycles. The number of amides is 1. The van der Waals surface area contributed by atoms with Crippen LogP contribution in [0.5, 0.6) is 0 Å². The van der Waals surface area contributed by atoms with Crippen LogP contribution in [0.4, 0.5) is 0 Å². The van der Waals surface area contributed by atoms with Gasteiger partial charge in [0.15, 0.2) is 0 Å². The Balaban J connectivity index is 1.85. The summed E-state index contributed by atoms with van der Waals surface area (Å²) in [6.45, 7) is 3.83. The van der Waals surface area contributed by atoms with Gasteiger partial charge < -0.3 is 20.1 Å². The Morgan fingerprint density at radius 2 is 2.06 bits per heavy atom.